The van der Waals surface area contributed by atoms with Gasteiger partial charge in [-0.3, -0.25) is 0 Å². The van der Waals surface area contributed by atoms with Crippen molar-refractivity contribution in [3.8, 4) is 0 Å². The maximum Gasteiger partial charge on any atom is 0.0340 e. The van der Waals surface area contributed by atoms with Crippen LogP contribution in [0.25, 0.3) is 22.3 Å². The molecule has 0 amide bonds. The largest absolute Gasteiger partial charge is 0.0955 e. The van der Waals surface area contributed by atoms with Crippen LogP contribution in [0.15, 0.2) is 87.0 Å². The average molecular weight is 479 g/mol. The van der Waals surface area contributed by atoms with Gasteiger partial charge in [-0.25, -0.2) is 0 Å². The molecule has 190 valence electrons. The van der Waals surface area contributed by atoms with Gasteiger partial charge in [0.25, 0.3) is 0 Å². The van der Waals surface area contributed by atoms with Crippen LogP contribution in [-0.4, -0.2) is 0 Å². The first kappa shape index (κ1) is 30.7. The Kier molecular flexibility index (Phi) is 12.1. The number of benzene rings is 3. The van der Waals surface area contributed by atoms with E-state index in [9.17, 15) is 0 Å². The lowest BCUT2D eigenvalue weighted by Crippen LogP contribution is -1.95. The highest BCUT2D eigenvalue weighted by molar-refractivity contribution is 5.99. The second-order valence-electron chi connectivity index (χ2n) is 9.05. The first-order chi connectivity index (χ1) is 17.1. The van der Waals surface area contributed by atoms with E-state index < -0.39 is 0 Å². The molecule has 0 radical (unpaired) electrons. The van der Waals surface area contributed by atoms with Crippen LogP contribution < -0.4 is 0 Å². The summed E-state index contributed by atoms with van der Waals surface area (Å²) in [5, 5.41) is 0. The lowest BCUT2D eigenvalue weighted by Gasteiger charge is -2.14. The van der Waals surface area contributed by atoms with Crippen LogP contribution >= 0.6 is 0 Å². The number of hydrogen-bond acceptors (Lipinski definition) is 0. The van der Waals surface area contributed by atoms with Gasteiger partial charge in [0.05, 0.1) is 0 Å². The number of allylic oxidation sites excluding steroid dienone is 4. The van der Waals surface area contributed by atoms with Gasteiger partial charge < -0.3 is 0 Å². The topological polar surface area (TPSA) is 0 Å². The quantitative estimate of drug-likeness (QED) is 0.351. The molecule has 0 aliphatic heterocycles. The van der Waals surface area contributed by atoms with Crippen LogP contribution in [0.2, 0.25) is 0 Å². The first-order valence-electron chi connectivity index (χ1n) is 13.1. The van der Waals surface area contributed by atoms with Crippen LogP contribution in [-0.2, 0) is 0 Å². The summed E-state index contributed by atoms with van der Waals surface area (Å²) >= 11 is 0. The molecule has 3 aromatic carbocycles. The molecule has 0 heteroatoms. The fourth-order valence-electron chi connectivity index (χ4n) is 4.16. The zero-order valence-corrected chi connectivity index (χ0v) is 24.2. The maximum absolute atomic E-state index is 4.39. The summed E-state index contributed by atoms with van der Waals surface area (Å²) in [4.78, 5) is 0. The summed E-state index contributed by atoms with van der Waals surface area (Å²) in [6.07, 6.45) is 0. The van der Waals surface area contributed by atoms with E-state index in [0.717, 1.165) is 33.4 Å². The minimum absolute atomic E-state index is 0.152. The summed E-state index contributed by atoms with van der Waals surface area (Å²) in [7, 11) is 0. The zero-order chi connectivity index (χ0) is 27.6. The van der Waals surface area contributed by atoms with Crippen LogP contribution in [0.1, 0.15) is 92.0 Å². The fraction of sp³-hybridized carbons (Fsp3) is 0.278. The van der Waals surface area contributed by atoms with Crippen molar-refractivity contribution >= 4 is 22.3 Å². The van der Waals surface area contributed by atoms with Gasteiger partial charge in [0.15, 0.2) is 0 Å². The lowest BCUT2D eigenvalue weighted by atomic mass is 9.89. The van der Waals surface area contributed by atoms with Gasteiger partial charge in [-0.1, -0.05) is 130 Å². The summed E-state index contributed by atoms with van der Waals surface area (Å²) in [6, 6.07) is 21.6. The number of aryl methyl sites for hydroxylation is 3. The molecule has 0 fully saturated rings. The third-order valence-electron chi connectivity index (χ3n) is 6.10. The van der Waals surface area contributed by atoms with E-state index in [2.05, 4.69) is 108 Å². The molecule has 4 rings (SSSR count). The Morgan fingerprint density at radius 1 is 0.556 bits per heavy atom. The van der Waals surface area contributed by atoms with Crippen LogP contribution in [0, 0.1) is 20.8 Å². The van der Waals surface area contributed by atoms with Crippen molar-refractivity contribution in [2.75, 3.05) is 0 Å². The number of rotatable bonds is 3. The highest BCUT2D eigenvalue weighted by Gasteiger charge is 2.31. The normalized spacial score (nSPS) is 11.7. The molecule has 0 heterocycles. The molecule has 0 spiro atoms. The second kappa shape index (κ2) is 14.2. The third-order valence-corrected chi connectivity index (χ3v) is 6.10. The molecule has 0 saturated heterocycles. The highest BCUT2D eigenvalue weighted by Crippen LogP contribution is 2.50. The molecule has 0 atom stereocenters. The number of hydrogen-bond donors (Lipinski definition) is 0. The molecule has 0 bridgehead atoms. The molecule has 0 nitrogen and oxygen atoms in total. The molecule has 0 aromatic heterocycles. The van der Waals surface area contributed by atoms with Crippen molar-refractivity contribution in [1.29, 1.82) is 0 Å². The van der Waals surface area contributed by atoms with E-state index in [-0.39, 0.29) is 5.92 Å². The Bertz CT molecular complexity index is 1120. The van der Waals surface area contributed by atoms with Crippen molar-refractivity contribution in [1.82, 2.24) is 0 Å². The van der Waals surface area contributed by atoms with Gasteiger partial charge in [0.2, 0.25) is 0 Å². The van der Waals surface area contributed by atoms with E-state index in [4.69, 9.17) is 0 Å². The van der Waals surface area contributed by atoms with E-state index in [0.29, 0.717) is 0 Å². The van der Waals surface area contributed by atoms with Gasteiger partial charge in [-0.15, -0.1) is 0 Å². The van der Waals surface area contributed by atoms with Gasteiger partial charge in [0, 0.05) is 5.92 Å². The minimum atomic E-state index is 0.152. The average Bonchev–Trinajstić information content (AvgIpc) is 3.12. The molecule has 0 N–H and O–H groups in total. The molecule has 36 heavy (non-hydrogen) atoms. The molecular formula is C36H46. The molecule has 1 aliphatic rings. The molecule has 3 aromatic rings. The van der Waals surface area contributed by atoms with Gasteiger partial charge in [0.1, 0.15) is 0 Å². The zero-order valence-electron chi connectivity index (χ0n) is 24.2. The van der Waals surface area contributed by atoms with E-state index in [1.165, 1.54) is 33.4 Å². The summed E-state index contributed by atoms with van der Waals surface area (Å²) in [5.41, 5.74) is 14.2. The third kappa shape index (κ3) is 7.31. The minimum Gasteiger partial charge on any atom is -0.0955 e. The van der Waals surface area contributed by atoms with E-state index in [1.54, 1.807) is 0 Å². The Balaban J connectivity index is 0.000000452. The van der Waals surface area contributed by atoms with Crippen LogP contribution in [0.4, 0.5) is 0 Å². The Morgan fingerprint density at radius 2 is 0.833 bits per heavy atom. The van der Waals surface area contributed by atoms with Crippen molar-refractivity contribution in [2.45, 2.75) is 68.2 Å². The van der Waals surface area contributed by atoms with Crippen molar-refractivity contribution in [2.24, 2.45) is 0 Å². The number of fused-ring (bicyclic) bond motifs is 1. The van der Waals surface area contributed by atoms with Crippen LogP contribution in [0.5, 0.6) is 0 Å². The van der Waals surface area contributed by atoms with E-state index >= 15 is 0 Å². The van der Waals surface area contributed by atoms with Crippen LogP contribution in [0.3, 0.4) is 0 Å². The lowest BCUT2D eigenvalue weighted by molar-refractivity contribution is 1.16. The molecule has 1 aliphatic carbocycles. The maximum atomic E-state index is 4.39. The standard InChI is InChI=1S/C24H24.C8H10.2C2H6/c1-14(2)20-12-22-17(6)24(19-10-8-16(5)9-11-19)18(7)23(22)13-21(20)15(3)4;1-7-3-5-8(2)6-4-7;2*1-2/h8-13,24H,1,3,6-7H2,2,4-5H3;3-6H,1-2H3;2*1-2H3. The Labute approximate surface area is 221 Å². The Hall–Kier alpha value is -3.38. The molecular weight excluding hydrogens is 432 g/mol. The monoisotopic (exact) mass is 478 g/mol. The Morgan fingerprint density at radius 3 is 1.11 bits per heavy atom. The second-order valence-corrected chi connectivity index (χ2v) is 9.05. The van der Waals surface area contributed by atoms with Crippen molar-refractivity contribution < 1.29 is 0 Å². The van der Waals surface area contributed by atoms with Gasteiger partial charge >= 0.3 is 0 Å². The summed E-state index contributed by atoms with van der Waals surface area (Å²) in [5.74, 6) is 0.152. The highest BCUT2D eigenvalue weighted by atomic mass is 14.3. The molecule has 0 saturated carbocycles. The van der Waals surface area contributed by atoms with E-state index in [1.807, 2.05) is 41.5 Å². The smallest absolute Gasteiger partial charge is 0.0340 e. The fourth-order valence-corrected chi connectivity index (χ4v) is 4.16. The summed E-state index contributed by atoms with van der Waals surface area (Å²) in [6.45, 7) is 35.4. The predicted octanol–water partition coefficient (Wildman–Crippen LogP) is 11.2. The predicted molar refractivity (Wildman–Crippen MR) is 166 cm³/mol. The van der Waals surface area contributed by atoms with Gasteiger partial charge in [-0.2, -0.15) is 0 Å². The van der Waals surface area contributed by atoms with Crippen molar-refractivity contribution in [3.63, 3.8) is 0 Å². The SMILES string of the molecule is C=C(C)c1cc2c(cc1C(=C)C)C(=C)C(c1ccc(C)cc1)C2=C.CC.CC.Cc1ccc(C)cc1. The molecule has 0 unspecified atom stereocenters. The first-order valence-corrected chi connectivity index (χ1v) is 13.1. The van der Waals surface area contributed by atoms with Gasteiger partial charge in [-0.05, 0) is 85.7 Å². The summed E-state index contributed by atoms with van der Waals surface area (Å²) < 4.78 is 0. The van der Waals surface area contributed by atoms with Crippen molar-refractivity contribution in [3.05, 3.63) is 131 Å².